The Labute approximate surface area is 62.3 Å². The molecule has 0 atom stereocenters. The summed E-state index contributed by atoms with van der Waals surface area (Å²) in [6.45, 7) is 0. The summed E-state index contributed by atoms with van der Waals surface area (Å²) in [6.07, 6.45) is 1.29. The fraction of sp³-hybridized carbons (Fsp3) is 0. The fourth-order valence-corrected chi connectivity index (χ4v) is 0.673. The molecule has 0 unspecified atom stereocenters. The van der Waals surface area contributed by atoms with E-state index in [-0.39, 0.29) is 9.92 Å². The maximum absolute atomic E-state index is 12.3. The van der Waals surface area contributed by atoms with Crippen molar-refractivity contribution in [3.63, 3.8) is 0 Å². The van der Waals surface area contributed by atoms with Crippen molar-refractivity contribution in [2.45, 2.75) is 4.90 Å². The van der Waals surface area contributed by atoms with E-state index in [0.717, 1.165) is 0 Å². The highest BCUT2D eigenvalue weighted by atomic mass is 35.5. The van der Waals surface area contributed by atoms with E-state index < -0.39 is 5.95 Å². The van der Waals surface area contributed by atoms with Crippen molar-refractivity contribution < 1.29 is 4.39 Å². The molecule has 0 aliphatic rings. The zero-order chi connectivity index (χ0) is 6.85. The molecule has 1 aromatic heterocycles. The molecule has 1 heterocycles. The minimum Gasteiger partial charge on any atom is -0.227 e. The number of pyridine rings is 1. The Hall–Kier alpha value is -0.280. The molecule has 0 bridgehead atoms. The van der Waals surface area contributed by atoms with Crippen LogP contribution < -0.4 is 0 Å². The summed E-state index contributed by atoms with van der Waals surface area (Å²) in [5.74, 6) is -0.633. The minimum absolute atomic E-state index is 0.0965. The first-order valence-corrected chi connectivity index (χ1v) is 3.03. The first-order valence-electron chi connectivity index (χ1n) is 2.21. The van der Waals surface area contributed by atoms with Crippen molar-refractivity contribution in [2.24, 2.45) is 0 Å². The van der Waals surface area contributed by atoms with Crippen LogP contribution >= 0.6 is 24.2 Å². The van der Waals surface area contributed by atoms with Crippen LogP contribution in [0, 0.1) is 5.95 Å². The maximum atomic E-state index is 12.3. The number of hydrogen-bond donors (Lipinski definition) is 1. The van der Waals surface area contributed by atoms with Crippen LogP contribution in [0.25, 0.3) is 0 Å². The molecule has 0 aromatic carbocycles. The van der Waals surface area contributed by atoms with Gasteiger partial charge in [0.2, 0.25) is 5.95 Å². The molecule has 0 spiro atoms. The third-order valence-corrected chi connectivity index (χ3v) is 1.70. The molecule has 0 saturated heterocycles. The predicted molar refractivity (Wildman–Crippen MR) is 36.5 cm³/mol. The van der Waals surface area contributed by atoms with Gasteiger partial charge in [-0.2, -0.15) is 4.39 Å². The average molecular weight is 164 g/mol. The molecule has 0 saturated carbocycles. The normalized spacial score (nSPS) is 9.67. The Morgan fingerprint density at radius 2 is 2.33 bits per heavy atom. The maximum Gasteiger partial charge on any atom is 0.227 e. The average Bonchev–Trinajstić information content (AvgIpc) is 1.83. The summed E-state index contributed by atoms with van der Waals surface area (Å²) in [7, 11) is 0. The Bertz CT molecular complexity index is 208. The summed E-state index contributed by atoms with van der Waals surface area (Å²) in [4.78, 5) is 3.41. The standard InChI is InChI=1S/C5H3ClFNS/c6-3-1-2-8-5(7)4(3)9/h1-2,9H. The number of aromatic nitrogens is 1. The van der Waals surface area contributed by atoms with Gasteiger partial charge in [-0.15, -0.1) is 12.6 Å². The van der Waals surface area contributed by atoms with Gasteiger partial charge in [-0.05, 0) is 6.07 Å². The zero-order valence-electron chi connectivity index (χ0n) is 4.31. The van der Waals surface area contributed by atoms with Crippen LogP contribution in [-0.4, -0.2) is 4.98 Å². The van der Waals surface area contributed by atoms with Crippen LogP contribution in [0.15, 0.2) is 17.2 Å². The minimum atomic E-state index is -0.633. The SMILES string of the molecule is Fc1nccc(Cl)c1S. The molecule has 0 amide bonds. The first kappa shape index (κ1) is 6.83. The molecular formula is C5H3ClFNS. The summed E-state index contributed by atoms with van der Waals surface area (Å²) in [5.41, 5.74) is 0. The van der Waals surface area contributed by atoms with Crippen molar-refractivity contribution in [3.05, 3.63) is 23.2 Å². The number of nitrogens with zero attached hydrogens (tertiary/aromatic N) is 1. The molecular weight excluding hydrogens is 161 g/mol. The first-order chi connectivity index (χ1) is 4.22. The highest BCUT2D eigenvalue weighted by Crippen LogP contribution is 2.19. The Morgan fingerprint density at radius 1 is 1.67 bits per heavy atom. The predicted octanol–water partition coefficient (Wildman–Crippen LogP) is 2.16. The molecule has 0 N–H and O–H groups in total. The second-order valence-electron chi connectivity index (χ2n) is 1.43. The largest absolute Gasteiger partial charge is 0.227 e. The van der Waals surface area contributed by atoms with E-state index in [1.165, 1.54) is 12.3 Å². The fourth-order valence-electron chi connectivity index (χ4n) is 0.407. The monoisotopic (exact) mass is 163 g/mol. The van der Waals surface area contributed by atoms with E-state index >= 15 is 0 Å². The van der Waals surface area contributed by atoms with Crippen LogP contribution in [-0.2, 0) is 0 Å². The third kappa shape index (κ3) is 1.34. The highest BCUT2D eigenvalue weighted by Gasteiger charge is 2.00. The second kappa shape index (κ2) is 2.54. The van der Waals surface area contributed by atoms with E-state index in [4.69, 9.17) is 11.6 Å². The molecule has 48 valence electrons. The molecule has 0 fully saturated rings. The van der Waals surface area contributed by atoms with Crippen LogP contribution in [0.4, 0.5) is 4.39 Å². The smallest absolute Gasteiger partial charge is 0.227 e. The molecule has 4 heteroatoms. The number of rotatable bonds is 0. The lowest BCUT2D eigenvalue weighted by molar-refractivity contribution is 0.558. The van der Waals surface area contributed by atoms with E-state index in [1.807, 2.05) is 0 Å². The van der Waals surface area contributed by atoms with Gasteiger partial charge in [0.25, 0.3) is 0 Å². The van der Waals surface area contributed by atoms with E-state index in [0.29, 0.717) is 0 Å². The molecule has 9 heavy (non-hydrogen) atoms. The van der Waals surface area contributed by atoms with Crippen molar-refractivity contribution in [1.82, 2.24) is 4.98 Å². The third-order valence-electron chi connectivity index (χ3n) is 0.830. The summed E-state index contributed by atoms with van der Waals surface area (Å²) >= 11 is 9.20. The Morgan fingerprint density at radius 3 is 2.78 bits per heavy atom. The quantitative estimate of drug-likeness (QED) is 0.457. The van der Waals surface area contributed by atoms with E-state index in [1.54, 1.807) is 0 Å². The van der Waals surface area contributed by atoms with E-state index in [2.05, 4.69) is 17.6 Å². The number of hydrogen-bond acceptors (Lipinski definition) is 2. The lowest BCUT2D eigenvalue weighted by Gasteiger charge is -1.93. The highest BCUT2D eigenvalue weighted by molar-refractivity contribution is 7.80. The second-order valence-corrected chi connectivity index (χ2v) is 2.29. The molecule has 0 aliphatic heterocycles. The summed E-state index contributed by atoms with van der Waals surface area (Å²) in [6, 6.07) is 1.48. The van der Waals surface area contributed by atoms with Crippen LogP contribution in [0.2, 0.25) is 5.02 Å². The lowest BCUT2D eigenvalue weighted by Crippen LogP contribution is -1.82. The molecule has 1 aromatic rings. The van der Waals surface area contributed by atoms with Gasteiger partial charge in [-0.1, -0.05) is 11.6 Å². The topological polar surface area (TPSA) is 12.9 Å². The van der Waals surface area contributed by atoms with Gasteiger partial charge in [0.15, 0.2) is 0 Å². The van der Waals surface area contributed by atoms with Gasteiger partial charge in [0, 0.05) is 6.20 Å². The van der Waals surface area contributed by atoms with Gasteiger partial charge < -0.3 is 0 Å². The Balaban J connectivity index is 3.25. The van der Waals surface area contributed by atoms with Crippen molar-refractivity contribution in [2.75, 3.05) is 0 Å². The molecule has 0 radical (unpaired) electrons. The Kier molecular flexibility index (Phi) is 1.93. The van der Waals surface area contributed by atoms with Crippen LogP contribution in [0.3, 0.4) is 0 Å². The van der Waals surface area contributed by atoms with Gasteiger partial charge in [-0.25, -0.2) is 4.98 Å². The molecule has 1 rings (SSSR count). The molecule has 1 nitrogen and oxygen atoms in total. The number of thiol groups is 1. The van der Waals surface area contributed by atoms with Gasteiger partial charge in [0.1, 0.15) is 0 Å². The van der Waals surface area contributed by atoms with Gasteiger partial charge >= 0.3 is 0 Å². The van der Waals surface area contributed by atoms with Gasteiger partial charge in [-0.3, -0.25) is 0 Å². The van der Waals surface area contributed by atoms with E-state index in [9.17, 15) is 4.39 Å². The van der Waals surface area contributed by atoms with Crippen molar-refractivity contribution >= 4 is 24.2 Å². The summed E-state index contributed by atoms with van der Waals surface area (Å²) in [5, 5.41) is 0.283. The van der Waals surface area contributed by atoms with Crippen LogP contribution in [0.5, 0.6) is 0 Å². The molecule has 0 aliphatic carbocycles. The van der Waals surface area contributed by atoms with Crippen molar-refractivity contribution in [3.8, 4) is 0 Å². The zero-order valence-corrected chi connectivity index (χ0v) is 5.96. The number of halogens is 2. The van der Waals surface area contributed by atoms with Gasteiger partial charge in [0.05, 0.1) is 9.92 Å². The summed E-state index contributed by atoms with van der Waals surface area (Å²) < 4.78 is 12.3. The van der Waals surface area contributed by atoms with Crippen LogP contribution in [0.1, 0.15) is 0 Å². The van der Waals surface area contributed by atoms with Crippen molar-refractivity contribution in [1.29, 1.82) is 0 Å². The lowest BCUT2D eigenvalue weighted by atomic mass is 10.5.